The van der Waals surface area contributed by atoms with E-state index in [1.165, 1.54) is 12.2 Å². The molecule has 1 unspecified atom stereocenters. The van der Waals surface area contributed by atoms with E-state index in [4.69, 9.17) is 16.3 Å². The molecular weight excluding hydrogens is 498 g/mol. The van der Waals surface area contributed by atoms with Crippen molar-refractivity contribution in [2.75, 3.05) is 13.1 Å². The highest BCUT2D eigenvalue weighted by Gasteiger charge is 2.32. The fraction of sp³-hybridized carbons (Fsp3) is 0.640. The van der Waals surface area contributed by atoms with Gasteiger partial charge in [0.15, 0.2) is 5.78 Å². The molecule has 2 heterocycles. The van der Waals surface area contributed by atoms with Crippen LogP contribution in [-0.4, -0.2) is 76.4 Å². The van der Waals surface area contributed by atoms with Gasteiger partial charge in [0.05, 0.1) is 12.1 Å². The fourth-order valence-electron chi connectivity index (χ4n) is 4.11. The zero-order chi connectivity index (χ0) is 28.1. The Hall–Kier alpha value is -3.45. The van der Waals surface area contributed by atoms with Crippen LogP contribution in [0.5, 0.6) is 0 Å². The third-order valence-electron chi connectivity index (χ3n) is 6.27. The third-order valence-corrected chi connectivity index (χ3v) is 6.27. The zero-order valence-electron chi connectivity index (χ0n) is 21.5. The van der Waals surface area contributed by atoms with Crippen molar-refractivity contribution in [1.29, 1.82) is 0 Å². The summed E-state index contributed by atoms with van der Waals surface area (Å²) >= 11 is 0. The average molecular weight is 536 g/mol. The number of rotatable bonds is 18. The van der Waals surface area contributed by atoms with Crippen LogP contribution in [0.3, 0.4) is 0 Å². The monoisotopic (exact) mass is 535 g/mol. The molecule has 2 aliphatic rings. The number of Topliss-reactive ketones (excluding diaryl/α,β-unsaturated/α-hetero) is 1. The maximum atomic E-state index is 12.9. The van der Waals surface area contributed by atoms with Crippen LogP contribution in [-0.2, 0) is 38.4 Å². The van der Waals surface area contributed by atoms with Gasteiger partial charge in [-0.3, -0.25) is 33.7 Å². The Morgan fingerprint density at radius 3 is 2.13 bits per heavy atom. The quantitative estimate of drug-likeness (QED) is 0.155. The van der Waals surface area contributed by atoms with E-state index in [1.807, 2.05) is 0 Å². The summed E-state index contributed by atoms with van der Waals surface area (Å²) in [6.45, 7) is 0.566. The zero-order valence-corrected chi connectivity index (χ0v) is 21.5. The normalized spacial score (nSPS) is 16.8. The molecule has 0 aromatic rings. The largest absolute Gasteiger partial charge is 0.346 e. The summed E-state index contributed by atoms with van der Waals surface area (Å²) in [5.41, 5.74) is 11.6. The molecular formula is C25H37N5O8. The molecule has 2 aliphatic heterocycles. The lowest BCUT2D eigenvalue weighted by molar-refractivity contribution is -0.197. The number of hydrogen-bond acceptors (Lipinski definition) is 10. The Kier molecular flexibility index (Phi) is 12.7. The van der Waals surface area contributed by atoms with Gasteiger partial charge in [-0.2, -0.15) is 0 Å². The Labute approximate surface area is 221 Å². The number of nitrogens with two attached hydrogens (primary N) is 2. The summed E-state index contributed by atoms with van der Waals surface area (Å²) in [5, 5.41) is 3.24. The van der Waals surface area contributed by atoms with Crippen molar-refractivity contribution in [3.8, 4) is 0 Å². The molecule has 2 atom stereocenters. The number of ketones is 1. The van der Waals surface area contributed by atoms with Gasteiger partial charge in [-0.25, -0.2) is 4.79 Å². The van der Waals surface area contributed by atoms with Crippen LogP contribution in [0.25, 0.3) is 0 Å². The van der Waals surface area contributed by atoms with Gasteiger partial charge in [-0.05, 0) is 45.1 Å². The number of imide groups is 2. The Morgan fingerprint density at radius 2 is 1.50 bits per heavy atom. The van der Waals surface area contributed by atoms with Gasteiger partial charge < -0.3 is 21.6 Å². The number of carbonyl (C=O) groups excluding carboxylic acids is 7. The van der Waals surface area contributed by atoms with Crippen LogP contribution in [0, 0.1) is 0 Å². The molecule has 38 heavy (non-hydrogen) atoms. The van der Waals surface area contributed by atoms with Crippen molar-refractivity contribution in [1.82, 2.24) is 15.3 Å². The second kappa shape index (κ2) is 15.7. The number of nitrogens with one attached hydrogen (secondary N) is 1. The first-order valence-electron chi connectivity index (χ1n) is 13.0. The molecule has 0 saturated carbocycles. The number of amides is 5. The first-order chi connectivity index (χ1) is 18.1. The van der Waals surface area contributed by atoms with Gasteiger partial charge in [0.2, 0.25) is 5.91 Å². The second-order valence-electron chi connectivity index (χ2n) is 9.32. The van der Waals surface area contributed by atoms with Crippen molar-refractivity contribution < 1.29 is 38.4 Å². The second-order valence-corrected chi connectivity index (χ2v) is 9.32. The number of nitrogens with zero attached hydrogens (tertiary/aromatic N) is 2. The Balaban J connectivity index is 1.71. The summed E-state index contributed by atoms with van der Waals surface area (Å²) in [4.78, 5) is 89.3. The van der Waals surface area contributed by atoms with Gasteiger partial charge in [-0.15, -0.1) is 5.06 Å². The van der Waals surface area contributed by atoms with Crippen molar-refractivity contribution >= 4 is 41.3 Å². The van der Waals surface area contributed by atoms with Crippen LogP contribution in [0.4, 0.5) is 0 Å². The van der Waals surface area contributed by atoms with Gasteiger partial charge in [0, 0.05) is 44.4 Å². The maximum absolute atomic E-state index is 12.9. The standard InChI is InChI=1S/C25H37N5O8/c26-15-5-4-8-18(28-19(31)9-6-16-29-20(32)11-12-21(29)33)25(37)17(27)7-2-1-3-10-24(36)38-30-22(34)13-14-23(30)35/h11-12,17-18H,1-10,13-16,26-27H2,(H,28,31)/t17?,18-/m0/s1. The molecule has 0 aliphatic carbocycles. The molecule has 2 rings (SSSR count). The molecule has 210 valence electrons. The summed E-state index contributed by atoms with van der Waals surface area (Å²) in [6, 6.07) is -1.58. The average Bonchev–Trinajstić information content (AvgIpc) is 3.37. The highest BCUT2D eigenvalue weighted by atomic mass is 16.7. The number of hydrogen-bond donors (Lipinski definition) is 3. The lowest BCUT2D eigenvalue weighted by Gasteiger charge is -2.22. The van der Waals surface area contributed by atoms with E-state index < -0.39 is 41.7 Å². The van der Waals surface area contributed by atoms with Gasteiger partial charge in [-0.1, -0.05) is 12.8 Å². The summed E-state index contributed by atoms with van der Waals surface area (Å²) in [6.07, 6.45) is 6.37. The van der Waals surface area contributed by atoms with Crippen LogP contribution in [0.15, 0.2) is 12.2 Å². The molecule has 13 nitrogen and oxygen atoms in total. The first kappa shape index (κ1) is 30.8. The van der Waals surface area contributed by atoms with Crippen LogP contribution in [0.1, 0.15) is 77.0 Å². The predicted octanol–water partition coefficient (Wildman–Crippen LogP) is -0.240. The molecule has 5 N–H and O–H groups in total. The van der Waals surface area contributed by atoms with Gasteiger partial charge in [0.1, 0.15) is 0 Å². The van der Waals surface area contributed by atoms with Crippen molar-refractivity contribution in [3.63, 3.8) is 0 Å². The van der Waals surface area contributed by atoms with Gasteiger partial charge in [0.25, 0.3) is 23.6 Å². The first-order valence-corrected chi connectivity index (χ1v) is 13.0. The van der Waals surface area contributed by atoms with Crippen molar-refractivity contribution in [3.05, 3.63) is 12.2 Å². The minimum absolute atomic E-state index is 0.0166. The summed E-state index contributed by atoms with van der Waals surface area (Å²) in [5.74, 6) is -3.23. The predicted molar refractivity (Wildman–Crippen MR) is 133 cm³/mol. The molecule has 1 saturated heterocycles. The van der Waals surface area contributed by atoms with Crippen LogP contribution in [0.2, 0.25) is 0 Å². The molecule has 0 bridgehead atoms. The van der Waals surface area contributed by atoms with E-state index in [1.54, 1.807) is 0 Å². The van der Waals surface area contributed by atoms with Crippen molar-refractivity contribution in [2.24, 2.45) is 11.5 Å². The molecule has 13 heteroatoms. The van der Waals surface area contributed by atoms with E-state index in [2.05, 4.69) is 5.32 Å². The lowest BCUT2D eigenvalue weighted by Crippen LogP contribution is -2.48. The molecule has 1 fully saturated rings. The third kappa shape index (κ3) is 9.78. The molecule has 5 amide bonds. The summed E-state index contributed by atoms with van der Waals surface area (Å²) < 4.78 is 0. The highest BCUT2D eigenvalue weighted by Crippen LogP contribution is 2.15. The van der Waals surface area contributed by atoms with Crippen LogP contribution < -0.4 is 16.8 Å². The fourth-order valence-corrected chi connectivity index (χ4v) is 4.11. The van der Waals surface area contributed by atoms with E-state index in [9.17, 15) is 33.6 Å². The molecule has 0 aromatic carbocycles. The number of unbranched alkanes of at least 4 members (excludes halogenated alkanes) is 3. The Bertz CT molecular complexity index is 916. The molecule has 0 radical (unpaired) electrons. The molecule has 0 aromatic heterocycles. The van der Waals surface area contributed by atoms with Crippen LogP contribution >= 0.6 is 0 Å². The van der Waals surface area contributed by atoms with E-state index in [-0.39, 0.29) is 50.3 Å². The SMILES string of the molecule is NCCCC[C@H](NC(=O)CCCN1C(=O)C=CC1=O)C(=O)C(N)CCCCCC(=O)ON1C(=O)CCC1=O. The van der Waals surface area contributed by atoms with Crippen molar-refractivity contribution in [2.45, 2.75) is 89.1 Å². The van der Waals surface area contributed by atoms with Gasteiger partial charge >= 0.3 is 5.97 Å². The smallest absolute Gasteiger partial charge is 0.333 e. The van der Waals surface area contributed by atoms with E-state index in [0.717, 1.165) is 4.90 Å². The molecule has 0 spiro atoms. The number of hydroxylamine groups is 2. The van der Waals surface area contributed by atoms with E-state index >= 15 is 0 Å². The Morgan fingerprint density at radius 1 is 0.868 bits per heavy atom. The topological polar surface area (TPSA) is 199 Å². The maximum Gasteiger partial charge on any atom is 0.333 e. The minimum atomic E-state index is -0.809. The lowest BCUT2D eigenvalue weighted by atomic mass is 9.96. The highest BCUT2D eigenvalue weighted by molar-refractivity contribution is 6.12. The number of carbonyl (C=O) groups is 7. The minimum Gasteiger partial charge on any atom is -0.346 e. The van der Waals surface area contributed by atoms with E-state index in [0.29, 0.717) is 56.6 Å². The summed E-state index contributed by atoms with van der Waals surface area (Å²) in [7, 11) is 0.